The molecule has 0 fully saturated rings. The van der Waals surface area contributed by atoms with Crippen molar-refractivity contribution in [2.45, 2.75) is 38.6 Å². The van der Waals surface area contributed by atoms with Gasteiger partial charge in [0.1, 0.15) is 5.82 Å². The van der Waals surface area contributed by atoms with Crippen molar-refractivity contribution >= 4 is 10.0 Å². The van der Waals surface area contributed by atoms with Gasteiger partial charge in [-0.1, -0.05) is 0 Å². The van der Waals surface area contributed by atoms with Crippen LogP contribution in [0.2, 0.25) is 0 Å². The monoisotopic (exact) mass is 289 g/mol. The highest BCUT2D eigenvalue weighted by Crippen LogP contribution is 2.26. The summed E-state index contributed by atoms with van der Waals surface area (Å²) in [6, 6.07) is 2.13. The summed E-state index contributed by atoms with van der Waals surface area (Å²) >= 11 is 0. The first-order valence-corrected chi connectivity index (χ1v) is 7.55. The van der Waals surface area contributed by atoms with Crippen LogP contribution in [0.4, 0.5) is 4.39 Å². The fourth-order valence-electron chi connectivity index (χ4n) is 2.18. The van der Waals surface area contributed by atoms with Gasteiger partial charge in [-0.15, -0.1) is 0 Å². The van der Waals surface area contributed by atoms with Gasteiger partial charge in [-0.05, 0) is 51.0 Å². The first-order valence-electron chi connectivity index (χ1n) is 6.11. The molecule has 0 unspecified atom stereocenters. The molecule has 0 heterocycles. The number of halogens is 1. The van der Waals surface area contributed by atoms with Gasteiger partial charge in [0.2, 0.25) is 10.0 Å². The summed E-state index contributed by atoms with van der Waals surface area (Å²) in [7, 11) is -3.73. The molecular weight excluding hydrogens is 269 g/mol. The molecule has 1 rings (SSSR count). The third-order valence-electron chi connectivity index (χ3n) is 2.89. The minimum atomic E-state index is -3.73. The number of sulfonamides is 1. The van der Waals surface area contributed by atoms with E-state index >= 15 is 0 Å². The van der Waals surface area contributed by atoms with Crippen LogP contribution in [0.1, 0.15) is 25.0 Å². The highest BCUT2D eigenvalue weighted by Gasteiger charge is 2.29. The fourth-order valence-corrected chi connectivity index (χ4v) is 4.22. The number of aliphatic hydroxyl groups excluding tert-OH is 1. The predicted molar refractivity (Wildman–Crippen MR) is 72.0 cm³/mol. The number of nitrogens with zero attached hydrogens (tertiary/aromatic N) is 1. The standard InChI is InChI=1S/C13H20FNO3S/c1-9(2)15(5-6-16)19(17,18)13-10(3)7-12(14)8-11(13)4/h7-9,16H,5-6H2,1-4H3. The van der Waals surface area contributed by atoms with Gasteiger partial charge in [-0.25, -0.2) is 12.8 Å². The Hall–Kier alpha value is -0.980. The first-order chi connectivity index (χ1) is 8.71. The van der Waals surface area contributed by atoms with Gasteiger partial charge >= 0.3 is 0 Å². The molecule has 0 aliphatic carbocycles. The van der Waals surface area contributed by atoms with E-state index in [1.807, 2.05) is 0 Å². The van der Waals surface area contributed by atoms with Gasteiger partial charge in [0.15, 0.2) is 0 Å². The molecule has 0 bridgehead atoms. The topological polar surface area (TPSA) is 57.6 Å². The minimum absolute atomic E-state index is 0.0241. The largest absolute Gasteiger partial charge is 0.395 e. The molecule has 0 radical (unpaired) electrons. The van der Waals surface area contributed by atoms with E-state index in [4.69, 9.17) is 5.11 Å². The highest BCUT2D eigenvalue weighted by molar-refractivity contribution is 7.89. The fraction of sp³-hybridized carbons (Fsp3) is 0.538. The van der Waals surface area contributed by atoms with E-state index in [0.717, 1.165) is 0 Å². The summed E-state index contributed by atoms with van der Waals surface area (Å²) in [5.74, 6) is -0.452. The number of rotatable bonds is 5. The third-order valence-corrected chi connectivity index (χ3v) is 5.27. The van der Waals surface area contributed by atoms with E-state index in [0.29, 0.717) is 11.1 Å². The quantitative estimate of drug-likeness (QED) is 0.899. The second-order valence-electron chi connectivity index (χ2n) is 4.80. The predicted octanol–water partition coefficient (Wildman–Crippen LogP) is 1.83. The van der Waals surface area contributed by atoms with Crippen molar-refractivity contribution in [1.82, 2.24) is 4.31 Å². The molecule has 1 aromatic carbocycles. The molecule has 19 heavy (non-hydrogen) atoms. The van der Waals surface area contributed by atoms with Crippen LogP contribution in [0.5, 0.6) is 0 Å². The van der Waals surface area contributed by atoms with Crippen molar-refractivity contribution in [3.05, 3.63) is 29.1 Å². The van der Waals surface area contributed by atoms with E-state index in [1.165, 1.54) is 16.4 Å². The van der Waals surface area contributed by atoms with Crippen LogP contribution in [0, 0.1) is 19.7 Å². The molecule has 6 heteroatoms. The smallest absolute Gasteiger partial charge is 0.243 e. The normalized spacial score (nSPS) is 12.4. The molecule has 0 aromatic heterocycles. The summed E-state index contributed by atoms with van der Waals surface area (Å²) < 4.78 is 39.7. The number of hydrogen-bond donors (Lipinski definition) is 1. The van der Waals surface area contributed by atoms with Crippen LogP contribution in [0.15, 0.2) is 17.0 Å². The molecule has 1 N–H and O–H groups in total. The average molecular weight is 289 g/mol. The number of aliphatic hydroxyl groups is 1. The van der Waals surface area contributed by atoms with E-state index < -0.39 is 15.8 Å². The zero-order valence-corrected chi connectivity index (χ0v) is 12.5. The second kappa shape index (κ2) is 5.98. The molecular formula is C13H20FNO3S. The SMILES string of the molecule is Cc1cc(F)cc(C)c1S(=O)(=O)N(CCO)C(C)C. The lowest BCUT2D eigenvalue weighted by Gasteiger charge is -2.26. The van der Waals surface area contributed by atoms with Gasteiger partial charge in [-0.3, -0.25) is 0 Å². The van der Waals surface area contributed by atoms with Crippen molar-refractivity contribution in [2.24, 2.45) is 0 Å². The Morgan fingerprint density at radius 3 is 2.11 bits per heavy atom. The maximum absolute atomic E-state index is 13.3. The van der Waals surface area contributed by atoms with E-state index in [9.17, 15) is 12.8 Å². The molecule has 0 atom stereocenters. The Morgan fingerprint density at radius 2 is 1.74 bits per heavy atom. The van der Waals surface area contributed by atoms with Gasteiger partial charge in [0.25, 0.3) is 0 Å². The van der Waals surface area contributed by atoms with E-state index in [2.05, 4.69) is 0 Å². The third kappa shape index (κ3) is 3.32. The van der Waals surface area contributed by atoms with Crippen LogP contribution in [-0.2, 0) is 10.0 Å². The number of benzene rings is 1. The first kappa shape index (κ1) is 16.1. The Bertz CT molecular complexity index is 532. The van der Waals surface area contributed by atoms with Crippen molar-refractivity contribution < 1.29 is 17.9 Å². The molecule has 0 saturated carbocycles. The zero-order valence-electron chi connectivity index (χ0n) is 11.6. The van der Waals surface area contributed by atoms with Crippen molar-refractivity contribution in [1.29, 1.82) is 0 Å². The molecule has 0 spiro atoms. The van der Waals surface area contributed by atoms with Crippen molar-refractivity contribution in [3.8, 4) is 0 Å². The van der Waals surface area contributed by atoms with Gasteiger partial charge in [0, 0.05) is 12.6 Å². The van der Waals surface area contributed by atoms with Crippen molar-refractivity contribution in [3.63, 3.8) is 0 Å². The molecule has 0 saturated heterocycles. The molecule has 0 aliphatic rings. The van der Waals surface area contributed by atoms with Crippen LogP contribution >= 0.6 is 0 Å². The zero-order chi connectivity index (χ0) is 14.8. The maximum Gasteiger partial charge on any atom is 0.243 e. The Kier molecular flexibility index (Phi) is 5.06. The summed E-state index contributed by atoms with van der Waals surface area (Å²) in [5.41, 5.74) is 0.752. The summed E-state index contributed by atoms with van der Waals surface area (Å²) in [6.45, 7) is 6.39. The molecule has 0 amide bonds. The lowest BCUT2D eigenvalue weighted by Crippen LogP contribution is -2.39. The number of aryl methyl sites for hydroxylation is 2. The van der Waals surface area contributed by atoms with E-state index in [-0.39, 0.29) is 24.1 Å². The minimum Gasteiger partial charge on any atom is -0.395 e. The molecule has 1 aromatic rings. The molecule has 0 aliphatic heterocycles. The van der Waals surface area contributed by atoms with Gasteiger partial charge in [-0.2, -0.15) is 4.31 Å². The second-order valence-corrected chi connectivity index (χ2v) is 6.63. The maximum atomic E-state index is 13.3. The van der Waals surface area contributed by atoms with E-state index in [1.54, 1.807) is 27.7 Å². The lowest BCUT2D eigenvalue weighted by molar-refractivity contribution is 0.236. The summed E-state index contributed by atoms with van der Waals surface area (Å²) in [5, 5.41) is 9.01. The lowest BCUT2D eigenvalue weighted by atomic mass is 10.1. The average Bonchev–Trinajstić information content (AvgIpc) is 2.22. The summed E-state index contributed by atoms with van der Waals surface area (Å²) in [6.07, 6.45) is 0. The molecule has 108 valence electrons. The van der Waals surface area contributed by atoms with Crippen LogP contribution in [-0.4, -0.2) is 37.0 Å². The van der Waals surface area contributed by atoms with Crippen molar-refractivity contribution in [2.75, 3.05) is 13.2 Å². The van der Waals surface area contributed by atoms with Crippen LogP contribution < -0.4 is 0 Å². The van der Waals surface area contributed by atoms with Crippen LogP contribution in [0.25, 0.3) is 0 Å². The van der Waals surface area contributed by atoms with Gasteiger partial charge < -0.3 is 5.11 Å². The summed E-state index contributed by atoms with van der Waals surface area (Å²) in [4.78, 5) is 0.121. The Balaban J connectivity index is 3.42. The Morgan fingerprint density at radius 1 is 1.26 bits per heavy atom. The Labute approximate surface area is 113 Å². The highest BCUT2D eigenvalue weighted by atomic mass is 32.2. The van der Waals surface area contributed by atoms with Crippen LogP contribution in [0.3, 0.4) is 0 Å². The number of hydrogen-bond acceptors (Lipinski definition) is 3. The molecule has 4 nitrogen and oxygen atoms in total. The van der Waals surface area contributed by atoms with Gasteiger partial charge in [0.05, 0.1) is 11.5 Å².